The van der Waals surface area contributed by atoms with Crippen molar-refractivity contribution in [3.63, 3.8) is 0 Å². The Morgan fingerprint density at radius 1 is 1.05 bits per heavy atom. The van der Waals surface area contributed by atoms with Crippen molar-refractivity contribution in [2.24, 2.45) is 0 Å². The van der Waals surface area contributed by atoms with Crippen LogP contribution in [0.3, 0.4) is 0 Å². The van der Waals surface area contributed by atoms with E-state index in [1.165, 1.54) is 5.56 Å². The predicted molar refractivity (Wildman–Crippen MR) is 87.3 cm³/mol. The molecule has 4 heteroatoms. The Labute approximate surface area is 130 Å². The lowest BCUT2D eigenvalue weighted by Gasteiger charge is -2.09. The fraction of sp³-hybridized carbons (Fsp3) is 0.294. The lowest BCUT2D eigenvalue weighted by molar-refractivity contribution is 0.146. The summed E-state index contributed by atoms with van der Waals surface area (Å²) in [5.74, 6) is 0.856. The molecule has 0 atom stereocenters. The molecule has 112 valence electrons. The van der Waals surface area contributed by atoms with Gasteiger partial charge in [-0.15, -0.1) is 0 Å². The zero-order valence-electron chi connectivity index (χ0n) is 12.4. The molecule has 0 aliphatic rings. The van der Waals surface area contributed by atoms with Crippen LogP contribution in [0.5, 0.6) is 5.75 Å². The molecule has 2 rings (SSSR count). The number of aryl methyl sites for hydroxylation is 1. The van der Waals surface area contributed by atoms with Crippen LogP contribution >= 0.6 is 11.6 Å². The van der Waals surface area contributed by atoms with E-state index in [0.717, 1.165) is 28.6 Å². The fourth-order valence-corrected chi connectivity index (χ4v) is 2.03. The number of nitrogens with one attached hydrogen (secondary N) is 1. The minimum absolute atomic E-state index is 0.565. The second-order valence-corrected chi connectivity index (χ2v) is 5.21. The van der Waals surface area contributed by atoms with E-state index < -0.39 is 0 Å². The van der Waals surface area contributed by atoms with Crippen molar-refractivity contribution in [3.8, 4) is 5.75 Å². The molecule has 0 fully saturated rings. The Hall–Kier alpha value is -1.71. The minimum atomic E-state index is 0.565. The van der Waals surface area contributed by atoms with E-state index in [1.807, 2.05) is 49.4 Å². The average Bonchev–Trinajstić information content (AvgIpc) is 2.50. The number of rotatable bonds is 7. The summed E-state index contributed by atoms with van der Waals surface area (Å²) >= 11 is 6.11. The lowest BCUT2D eigenvalue weighted by Crippen LogP contribution is -2.04. The number of hydrogen-bond donors (Lipinski definition) is 1. The van der Waals surface area contributed by atoms with E-state index in [4.69, 9.17) is 21.1 Å². The van der Waals surface area contributed by atoms with Gasteiger partial charge in [-0.05, 0) is 42.3 Å². The van der Waals surface area contributed by atoms with Crippen LogP contribution in [0.1, 0.15) is 11.1 Å². The second kappa shape index (κ2) is 7.91. The van der Waals surface area contributed by atoms with Gasteiger partial charge in [-0.2, -0.15) is 0 Å². The van der Waals surface area contributed by atoms with Crippen molar-refractivity contribution in [1.29, 1.82) is 0 Å². The van der Waals surface area contributed by atoms with Crippen LogP contribution in [0.4, 0.5) is 5.69 Å². The van der Waals surface area contributed by atoms with Gasteiger partial charge >= 0.3 is 0 Å². The van der Waals surface area contributed by atoms with Crippen LogP contribution in [-0.4, -0.2) is 20.3 Å². The first-order chi connectivity index (χ1) is 10.2. The minimum Gasteiger partial charge on any atom is -0.491 e. The third kappa shape index (κ3) is 4.96. The van der Waals surface area contributed by atoms with Crippen LogP contribution < -0.4 is 10.1 Å². The van der Waals surface area contributed by atoms with Crippen LogP contribution in [-0.2, 0) is 11.3 Å². The predicted octanol–water partition coefficient (Wildman–Crippen LogP) is 4.29. The third-order valence-corrected chi connectivity index (χ3v) is 3.56. The molecule has 0 unspecified atom stereocenters. The summed E-state index contributed by atoms with van der Waals surface area (Å²) in [6.45, 7) is 3.90. The number of methoxy groups -OCH3 is 1. The van der Waals surface area contributed by atoms with Crippen molar-refractivity contribution < 1.29 is 9.47 Å². The van der Waals surface area contributed by atoms with E-state index in [9.17, 15) is 0 Å². The van der Waals surface area contributed by atoms with Gasteiger partial charge in [-0.25, -0.2) is 0 Å². The molecule has 0 aliphatic heterocycles. The molecule has 2 aromatic rings. The van der Waals surface area contributed by atoms with Crippen molar-refractivity contribution >= 4 is 17.3 Å². The Kier molecular flexibility index (Phi) is 5.90. The molecule has 2 aromatic carbocycles. The summed E-state index contributed by atoms with van der Waals surface area (Å²) in [6.07, 6.45) is 0. The second-order valence-electron chi connectivity index (χ2n) is 4.80. The molecule has 0 aliphatic carbocycles. The Morgan fingerprint density at radius 2 is 1.81 bits per heavy atom. The molecule has 21 heavy (non-hydrogen) atoms. The molecule has 0 radical (unpaired) electrons. The number of hydrogen-bond acceptors (Lipinski definition) is 3. The fourth-order valence-electron chi connectivity index (χ4n) is 1.85. The van der Waals surface area contributed by atoms with E-state index in [2.05, 4.69) is 5.32 Å². The monoisotopic (exact) mass is 305 g/mol. The highest BCUT2D eigenvalue weighted by atomic mass is 35.5. The highest BCUT2D eigenvalue weighted by Crippen LogP contribution is 2.20. The summed E-state index contributed by atoms with van der Waals surface area (Å²) in [5.41, 5.74) is 3.29. The summed E-state index contributed by atoms with van der Waals surface area (Å²) in [5, 5.41) is 4.14. The summed E-state index contributed by atoms with van der Waals surface area (Å²) in [4.78, 5) is 0. The van der Waals surface area contributed by atoms with Crippen molar-refractivity contribution in [3.05, 3.63) is 58.6 Å². The molecular weight excluding hydrogens is 286 g/mol. The third-order valence-electron chi connectivity index (χ3n) is 3.15. The Morgan fingerprint density at radius 3 is 2.48 bits per heavy atom. The van der Waals surface area contributed by atoms with Gasteiger partial charge in [0.25, 0.3) is 0 Å². The number of anilines is 1. The molecule has 0 amide bonds. The van der Waals surface area contributed by atoms with Gasteiger partial charge in [0.1, 0.15) is 12.4 Å². The van der Waals surface area contributed by atoms with Gasteiger partial charge in [0, 0.05) is 24.4 Å². The van der Waals surface area contributed by atoms with Gasteiger partial charge in [0.15, 0.2) is 0 Å². The lowest BCUT2D eigenvalue weighted by atomic mass is 10.2. The van der Waals surface area contributed by atoms with Crippen molar-refractivity contribution in [2.45, 2.75) is 13.5 Å². The maximum absolute atomic E-state index is 6.11. The molecule has 0 aromatic heterocycles. The van der Waals surface area contributed by atoms with E-state index in [0.29, 0.717) is 13.2 Å². The Bertz CT molecular complexity index is 570. The summed E-state index contributed by atoms with van der Waals surface area (Å²) in [7, 11) is 1.66. The average molecular weight is 306 g/mol. The largest absolute Gasteiger partial charge is 0.491 e. The van der Waals surface area contributed by atoms with E-state index >= 15 is 0 Å². The normalized spacial score (nSPS) is 10.4. The molecule has 0 heterocycles. The first-order valence-electron chi connectivity index (χ1n) is 6.90. The Balaban J connectivity index is 1.86. The summed E-state index contributed by atoms with van der Waals surface area (Å²) < 4.78 is 10.5. The van der Waals surface area contributed by atoms with Gasteiger partial charge in [0.05, 0.1) is 6.61 Å². The molecule has 0 saturated heterocycles. The van der Waals surface area contributed by atoms with Crippen LogP contribution in [0.25, 0.3) is 0 Å². The first-order valence-corrected chi connectivity index (χ1v) is 7.27. The van der Waals surface area contributed by atoms with Gasteiger partial charge in [-0.3, -0.25) is 0 Å². The number of halogens is 1. The number of ether oxygens (including phenoxy) is 2. The van der Waals surface area contributed by atoms with Crippen LogP contribution in [0.2, 0.25) is 5.02 Å². The zero-order valence-corrected chi connectivity index (χ0v) is 13.1. The number of benzene rings is 2. The van der Waals surface area contributed by atoms with E-state index in [-0.39, 0.29) is 0 Å². The maximum atomic E-state index is 6.11. The molecule has 1 N–H and O–H groups in total. The molecule has 3 nitrogen and oxygen atoms in total. The van der Waals surface area contributed by atoms with Crippen molar-refractivity contribution in [2.75, 3.05) is 25.6 Å². The summed E-state index contributed by atoms with van der Waals surface area (Å²) in [6, 6.07) is 14.0. The molecule has 0 bridgehead atoms. The highest BCUT2D eigenvalue weighted by molar-refractivity contribution is 6.31. The van der Waals surface area contributed by atoms with Crippen LogP contribution in [0, 0.1) is 6.92 Å². The topological polar surface area (TPSA) is 30.5 Å². The smallest absolute Gasteiger partial charge is 0.119 e. The van der Waals surface area contributed by atoms with Crippen LogP contribution in [0.15, 0.2) is 42.5 Å². The van der Waals surface area contributed by atoms with Gasteiger partial charge in [-0.1, -0.05) is 29.8 Å². The quantitative estimate of drug-likeness (QED) is 0.774. The molecule has 0 spiro atoms. The van der Waals surface area contributed by atoms with Crippen molar-refractivity contribution in [1.82, 2.24) is 0 Å². The zero-order chi connectivity index (χ0) is 15.1. The molecule has 0 saturated carbocycles. The highest BCUT2D eigenvalue weighted by Gasteiger charge is 1.99. The van der Waals surface area contributed by atoms with Gasteiger partial charge < -0.3 is 14.8 Å². The molecular formula is C17H20ClNO2. The maximum Gasteiger partial charge on any atom is 0.119 e. The van der Waals surface area contributed by atoms with E-state index in [1.54, 1.807) is 7.11 Å². The standard InChI is InChI=1S/C17H20ClNO2/c1-13-3-6-15(11-17(13)18)19-12-14-4-7-16(8-5-14)21-10-9-20-2/h3-8,11,19H,9-10,12H2,1-2H3. The SMILES string of the molecule is COCCOc1ccc(CNc2ccc(C)c(Cl)c2)cc1. The first kappa shape index (κ1) is 15.7. The van der Waals surface area contributed by atoms with Gasteiger partial charge in [0.2, 0.25) is 0 Å².